The van der Waals surface area contributed by atoms with Gasteiger partial charge in [-0.3, -0.25) is 0 Å². The van der Waals surface area contributed by atoms with Gasteiger partial charge in [0.25, 0.3) is 0 Å². The van der Waals surface area contributed by atoms with Crippen molar-refractivity contribution in [1.82, 2.24) is 14.7 Å². The lowest BCUT2D eigenvalue weighted by Gasteiger charge is -2.28. The zero-order valence-corrected chi connectivity index (χ0v) is 21.1. The minimum absolute atomic E-state index is 0.0350. The van der Waals surface area contributed by atoms with E-state index >= 15 is 0 Å². The van der Waals surface area contributed by atoms with E-state index < -0.39 is 10.0 Å². The number of aromatic nitrogens is 2. The molecular weight excluding hydrogens is 446 g/mol. The monoisotopic (exact) mass is 481 g/mol. The maximum atomic E-state index is 12.5. The fourth-order valence-electron chi connectivity index (χ4n) is 4.55. The highest BCUT2D eigenvalue weighted by atomic mass is 32.2. The standard InChI is InChI=1S/C26H35N5O2S/c1-19-8-10-22(11-9-19)18-34(32,33)28-17-21-14-12-20(13-15-21)16-27-26-29-24-7-5-4-6-23(24)25(30-26)31(2)3/h4-11,20-21,28H,12-18H2,1-3H3,(H,27,29,30)/t20-,21-. The Bertz CT molecular complexity index is 1200. The summed E-state index contributed by atoms with van der Waals surface area (Å²) in [5.41, 5.74) is 2.89. The van der Waals surface area contributed by atoms with Gasteiger partial charge < -0.3 is 10.2 Å². The highest BCUT2D eigenvalue weighted by Gasteiger charge is 2.23. The Labute approximate surface area is 203 Å². The van der Waals surface area contributed by atoms with E-state index in [0.717, 1.165) is 60.1 Å². The first-order valence-electron chi connectivity index (χ1n) is 12.0. The minimum Gasteiger partial charge on any atom is -0.362 e. The molecule has 0 amide bonds. The molecule has 0 bridgehead atoms. The Balaban J connectivity index is 1.25. The van der Waals surface area contributed by atoms with Crippen LogP contribution in [-0.4, -0.2) is 45.6 Å². The number of benzene rings is 2. The first kappa shape index (κ1) is 24.4. The number of para-hydroxylation sites is 1. The van der Waals surface area contributed by atoms with Crippen LogP contribution in [0.3, 0.4) is 0 Å². The molecule has 1 saturated carbocycles. The Kier molecular flexibility index (Phi) is 7.68. The summed E-state index contributed by atoms with van der Waals surface area (Å²) in [6.45, 7) is 3.35. The second-order valence-electron chi connectivity index (χ2n) is 9.64. The van der Waals surface area contributed by atoms with E-state index in [-0.39, 0.29) is 5.75 Å². The van der Waals surface area contributed by atoms with Gasteiger partial charge in [-0.05, 0) is 62.1 Å². The van der Waals surface area contributed by atoms with Gasteiger partial charge in [-0.2, -0.15) is 4.98 Å². The van der Waals surface area contributed by atoms with Gasteiger partial charge in [0.1, 0.15) is 5.82 Å². The van der Waals surface area contributed by atoms with Gasteiger partial charge in [0.15, 0.2) is 0 Å². The molecule has 0 radical (unpaired) electrons. The summed E-state index contributed by atoms with van der Waals surface area (Å²) in [5, 5.41) is 4.49. The van der Waals surface area contributed by atoms with Crippen molar-refractivity contribution in [2.75, 3.05) is 37.4 Å². The summed E-state index contributed by atoms with van der Waals surface area (Å²) in [6, 6.07) is 15.7. The second kappa shape index (κ2) is 10.7. The third-order valence-electron chi connectivity index (χ3n) is 6.59. The maximum absolute atomic E-state index is 12.5. The van der Waals surface area contributed by atoms with Crippen LogP contribution in [0.5, 0.6) is 0 Å². The number of aryl methyl sites for hydroxylation is 1. The van der Waals surface area contributed by atoms with Crippen molar-refractivity contribution in [3.8, 4) is 0 Å². The number of hydrogen-bond acceptors (Lipinski definition) is 6. The highest BCUT2D eigenvalue weighted by Crippen LogP contribution is 2.29. The van der Waals surface area contributed by atoms with Crippen molar-refractivity contribution < 1.29 is 8.42 Å². The van der Waals surface area contributed by atoms with Crippen molar-refractivity contribution in [3.05, 3.63) is 59.7 Å². The molecule has 7 nitrogen and oxygen atoms in total. The molecule has 2 N–H and O–H groups in total. The Morgan fingerprint density at radius 3 is 2.24 bits per heavy atom. The van der Waals surface area contributed by atoms with E-state index in [0.29, 0.717) is 24.3 Å². The van der Waals surface area contributed by atoms with Crippen LogP contribution in [0.25, 0.3) is 10.9 Å². The van der Waals surface area contributed by atoms with Crippen LogP contribution in [0.1, 0.15) is 36.8 Å². The van der Waals surface area contributed by atoms with Gasteiger partial charge in [0, 0.05) is 32.6 Å². The van der Waals surface area contributed by atoms with E-state index in [1.807, 2.05) is 74.4 Å². The molecule has 1 aliphatic rings. The third kappa shape index (κ3) is 6.45. The summed E-state index contributed by atoms with van der Waals surface area (Å²) >= 11 is 0. The molecule has 0 spiro atoms. The summed E-state index contributed by atoms with van der Waals surface area (Å²) in [4.78, 5) is 11.4. The fourth-order valence-corrected chi connectivity index (χ4v) is 5.78. The molecule has 2 aromatic carbocycles. The zero-order chi connectivity index (χ0) is 24.1. The van der Waals surface area contributed by atoms with Crippen LogP contribution in [0.15, 0.2) is 48.5 Å². The molecule has 1 heterocycles. The Hall–Kier alpha value is -2.71. The molecule has 0 saturated heterocycles. The molecule has 1 aliphatic carbocycles. The van der Waals surface area contributed by atoms with Gasteiger partial charge in [-0.15, -0.1) is 0 Å². The van der Waals surface area contributed by atoms with Gasteiger partial charge in [-0.1, -0.05) is 42.0 Å². The molecular formula is C26H35N5O2S. The Morgan fingerprint density at radius 2 is 1.56 bits per heavy atom. The summed E-state index contributed by atoms with van der Waals surface area (Å²) in [6.07, 6.45) is 4.21. The first-order chi connectivity index (χ1) is 16.3. The molecule has 0 atom stereocenters. The normalized spacial score (nSPS) is 18.7. The predicted molar refractivity (Wildman–Crippen MR) is 140 cm³/mol. The summed E-state index contributed by atoms with van der Waals surface area (Å²) in [5.74, 6) is 2.54. The lowest BCUT2D eigenvalue weighted by Crippen LogP contribution is -2.33. The predicted octanol–water partition coefficient (Wildman–Crippen LogP) is 4.34. The maximum Gasteiger partial charge on any atom is 0.225 e. The van der Waals surface area contributed by atoms with Gasteiger partial charge in [0.2, 0.25) is 16.0 Å². The molecule has 34 heavy (non-hydrogen) atoms. The smallest absolute Gasteiger partial charge is 0.225 e. The third-order valence-corrected chi connectivity index (χ3v) is 7.91. The number of nitrogens with zero attached hydrogens (tertiary/aromatic N) is 3. The van der Waals surface area contributed by atoms with Gasteiger partial charge in [0.05, 0.1) is 11.3 Å². The van der Waals surface area contributed by atoms with E-state index in [1.165, 1.54) is 0 Å². The van der Waals surface area contributed by atoms with Crippen LogP contribution in [0, 0.1) is 18.8 Å². The lowest BCUT2D eigenvalue weighted by atomic mass is 9.82. The Morgan fingerprint density at radius 1 is 0.912 bits per heavy atom. The minimum atomic E-state index is -3.32. The number of hydrogen-bond donors (Lipinski definition) is 2. The van der Waals surface area contributed by atoms with Crippen LogP contribution in [-0.2, 0) is 15.8 Å². The number of anilines is 2. The molecule has 3 aromatic rings. The van der Waals surface area contributed by atoms with Gasteiger partial charge in [-0.25, -0.2) is 18.1 Å². The SMILES string of the molecule is Cc1ccc(CS(=O)(=O)NC[C@H]2CC[C@H](CNc3nc(N(C)C)c4ccccc4n3)CC2)cc1. The molecule has 1 aromatic heterocycles. The lowest BCUT2D eigenvalue weighted by molar-refractivity contribution is 0.284. The van der Waals surface area contributed by atoms with E-state index in [4.69, 9.17) is 4.98 Å². The molecule has 4 rings (SSSR count). The average molecular weight is 482 g/mol. The molecule has 0 unspecified atom stereocenters. The van der Waals surface area contributed by atoms with E-state index in [1.54, 1.807) is 0 Å². The number of sulfonamides is 1. The number of fused-ring (bicyclic) bond motifs is 1. The fraction of sp³-hybridized carbons (Fsp3) is 0.462. The van der Waals surface area contributed by atoms with Crippen molar-refractivity contribution in [2.45, 2.75) is 38.4 Å². The molecule has 8 heteroatoms. The van der Waals surface area contributed by atoms with Crippen molar-refractivity contribution >= 4 is 32.7 Å². The average Bonchev–Trinajstić information content (AvgIpc) is 2.83. The molecule has 1 fully saturated rings. The number of rotatable bonds is 9. The second-order valence-corrected chi connectivity index (χ2v) is 11.5. The quantitative estimate of drug-likeness (QED) is 0.473. The largest absolute Gasteiger partial charge is 0.362 e. The van der Waals surface area contributed by atoms with Crippen molar-refractivity contribution in [3.63, 3.8) is 0 Å². The van der Waals surface area contributed by atoms with Crippen LogP contribution < -0.4 is 14.9 Å². The summed E-state index contributed by atoms with van der Waals surface area (Å²) < 4.78 is 27.8. The zero-order valence-electron chi connectivity index (χ0n) is 20.3. The van der Waals surface area contributed by atoms with Crippen LogP contribution in [0.2, 0.25) is 0 Å². The summed E-state index contributed by atoms with van der Waals surface area (Å²) in [7, 11) is 0.671. The van der Waals surface area contributed by atoms with Crippen LogP contribution >= 0.6 is 0 Å². The van der Waals surface area contributed by atoms with Gasteiger partial charge >= 0.3 is 0 Å². The first-order valence-corrected chi connectivity index (χ1v) is 13.6. The van der Waals surface area contributed by atoms with Crippen molar-refractivity contribution in [1.29, 1.82) is 0 Å². The highest BCUT2D eigenvalue weighted by molar-refractivity contribution is 7.88. The topological polar surface area (TPSA) is 87.2 Å². The van der Waals surface area contributed by atoms with E-state index in [9.17, 15) is 8.42 Å². The number of nitrogens with one attached hydrogen (secondary N) is 2. The molecule has 0 aliphatic heterocycles. The van der Waals surface area contributed by atoms with Crippen molar-refractivity contribution in [2.24, 2.45) is 11.8 Å². The van der Waals surface area contributed by atoms with Crippen LogP contribution in [0.4, 0.5) is 11.8 Å². The molecule has 182 valence electrons. The van der Waals surface area contributed by atoms with E-state index in [2.05, 4.69) is 15.0 Å².